The zero-order chi connectivity index (χ0) is 52.2. The molecule has 0 saturated carbocycles. The first kappa shape index (κ1) is 69.6. The van der Waals surface area contributed by atoms with Crippen LogP contribution in [0.15, 0.2) is 36.5 Å². The third-order valence-electron chi connectivity index (χ3n) is 14.4. The van der Waals surface area contributed by atoms with Gasteiger partial charge in [-0.3, -0.25) is 14.4 Å². The van der Waals surface area contributed by atoms with Gasteiger partial charge in [-0.05, 0) is 77.0 Å². The lowest BCUT2D eigenvalue weighted by atomic mass is 10.0. The quantitative estimate of drug-likeness (QED) is 0.0261. The molecule has 6 nitrogen and oxygen atoms in total. The third-order valence-corrected chi connectivity index (χ3v) is 14.4. The molecule has 0 rings (SSSR count). The van der Waals surface area contributed by atoms with E-state index in [9.17, 15) is 14.4 Å². The number of ether oxygens (including phenoxy) is 3. The summed E-state index contributed by atoms with van der Waals surface area (Å²) in [5, 5.41) is 0. The first-order chi connectivity index (χ1) is 35.5. The summed E-state index contributed by atoms with van der Waals surface area (Å²) in [5.74, 6) is -0.853. The number of esters is 3. The third kappa shape index (κ3) is 58.5. The molecule has 0 aliphatic carbocycles. The molecule has 0 spiro atoms. The SMILES string of the molecule is CCCCCCC/C=C\C/C=C\CCCCCCCCCCCCCCCC(=O)OCC(COC(=O)CCCCCCCCCCCCCC)OC(=O)CCCCCCCCC/C=C\CCCCCCCC. The largest absolute Gasteiger partial charge is 0.462 e. The van der Waals surface area contributed by atoms with E-state index in [2.05, 4.69) is 57.2 Å². The van der Waals surface area contributed by atoms with Gasteiger partial charge in [0, 0.05) is 19.3 Å². The molecule has 0 fully saturated rings. The average Bonchev–Trinajstić information content (AvgIpc) is 3.38. The Morgan fingerprint density at radius 2 is 0.500 bits per heavy atom. The summed E-state index contributed by atoms with van der Waals surface area (Å²) in [6.07, 6.45) is 74.4. The number of rotatable bonds is 59. The fourth-order valence-corrected chi connectivity index (χ4v) is 9.53. The summed E-state index contributed by atoms with van der Waals surface area (Å²) < 4.78 is 16.9. The first-order valence-corrected chi connectivity index (χ1v) is 32.0. The van der Waals surface area contributed by atoms with Crippen molar-refractivity contribution in [2.75, 3.05) is 13.2 Å². The molecule has 0 heterocycles. The number of carbonyl (C=O) groups is 3. The molecule has 1 unspecified atom stereocenters. The fraction of sp³-hybridized carbons (Fsp3) is 0.864. The van der Waals surface area contributed by atoms with E-state index in [0.717, 1.165) is 64.2 Å². The van der Waals surface area contributed by atoms with Crippen LogP contribution in [0.25, 0.3) is 0 Å². The minimum absolute atomic E-state index is 0.0695. The van der Waals surface area contributed by atoms with Crippen LogP contribution in [-0.4, -0.2) is 37.2 Å². The number of hydrogen-bond donors (Lipinski definition) is 0. The number of hydrogen-bond acceptors (Lipinski definition) is 6. The van der Waals surface area contributed by atoms with Gasteiger partial charge in [-0.1, -0.05) is 288 Å². The molecule has 0 saturated heterocycles. The van der Waals surface area contributed by atoms with Gasteiger partial charge in [0.1, 0.15) is 13.2 Å². The van der Waals surface area contributed by atoms with Gasteiger partial charge >= 0.3 is 17.9 Å². The van der Waals surface area contributed by atoms with Crippen molar-refractivity contribution in [1.29, 1.82) is 0 Å². The zero-order valence-corrected chi connectivity index (χ0v) is 48.5. The fourth-order valence-electron chi connectivity index (χ4n) is 9.53. The lowest BCUT2D eigenvalue weighted by Crippen LogP contribution is -2.30. The molecule has 0 aromatic carbocycles. The van der Waals surface area contributed by atoms with E-state index in [-0.39, 0.29) is 31.1 Å². The maximum atomic E-state index is 12.9. The van der Waals surface area contributed by atoms with Crippen LogP contribution in [-0.2, 0) is 28.6 Å². The summed E-state index contributed by atoms with van der Waals surface area (Å²) >= 11 is 0. The summed E-state index contributed by atoms with van der Waals surface area (Å²) in [7, 11) is 0. The van der Waals surface area contributed by atoms with Crippen LogP contribution in [0.1, 0.15) is 348 Å². The van der Waals surface area contributed by atoms with Crippen molar-refractivity contribution in [2.24, 2.45) is 0 Å². The van der Waals surface area contributed by atoms with Crippen LogP contribution in [0.2, 0.25) is 0 Å². The Kier molecular flexibility index (Phi) is 59.2. The van der Waals surface area contributed by atoms with Gasteiger partial charge in [-0.25, -0.2) is 0 Å². The molecule has 0 bridgehead atoms. The van der Waals surface area contributed by atoms with Gasteiger partial charge in [0.25, 0.3) is 0 Å². The van der Waals surface area contributed by atoms with Crippen molar-refractivity contribution >= 4 is 17.9 Å². The van der Waals surface area contributed by atoms with Crippen molar-refractivity contribution < 1.29 is 28.6 Å². The van der Waals surface area contributed by atoms with Crippen LogP contribution in [0.4, 0.5) is 0 Å². The molecule has 0 radical (unpaired) electrons. The molecular weight excluding hydrogens is 889 g/mol. The topological polar surface area (TPSA) is 78.9 Å². The van der Waals surface area contributed by atoms with Gasteiger partial charge in [0.2, 0.25) is 0 Å². The molecule has 0 N–H and O–H groups in total. The monoisotopic (exact) mass is 1010 g/mol. The molecule has 0 aliphatic heterocycles. The van der Waals surface area contributed by atoms with E-state index in [1.165, 1.54) is 244 Å². The lowest BCUT2D eigenvalue weighted by molar-refractivity contribution is -0.167. The molecule has 72 heavy (non-hydrogen) atoms. The Bertz CT molecular complexity index is 1210. The van der Waals surface area contributed by atoms with E-state index in [1.807, 2.05) is 0 Å². The molecule has 0 amide bonds. The van der Waals surface area contributed by atoms with Crippen LogP contribution in [0, 0.1) is 0 Å². The second-order valence-corrected chi connectivity index (χ2v) is 21.7. The Hall–Kier alpha value is -2.37. The average molecular weight is 1010 g/mol. The summed E-state index contributed by atoms with van der Waals surface area (Å²) in [6, 6.07) is 0. The van der Waals surface area contributed by atoms with Gasteiger partial charge in [0.15, 0.2) is 6.10 Å². The van der Waals surface area contributed by atoms with Crippen molar-refractivity contribution in [2.45, 2.75) is 354 Å². The Morgan fingerprint density at radius 3 is 0.778 bits per heavy atom. The highest BCUT2D eigenvalue weighted by molar-refractivity contribution is 5.71. The van der Waals surface area contributed by atoms with E-state index in [1.54, 1.807) is 0 Å². The first-order valence-electron chi connectivity index (χ1n) is 32.0. The van der Waals surface area contributed by atoms with Crippen LogP contribution < -0.4 is 0 Å². The van der Waals surface area contributed by atoms with Crippen LogP contribution in [0.5, 0.6) is 0 Å². The molecule has 0 aliphatic rings. The van der Waals surface area contributed by atoms with E-state index in [0.29, 0.717) is 19.3 Å². The molecule has 1 atom stereocenters. The molecule has 0 aromatic rings. The zero-order valence-electron chi connectivity index (χ0n) is 48.5. The van der Waals surface area contributed by atoms with Gasteiger partial charge in [-0.15, -0.1) is 0 Å². The highest BCUT2D eigenvalue weighted by Gasteiger charge is 2.19. The van der Waals surface area contributed by atoms with Gasteiger partial charge in [-0.2, -0.15) is 0 Å². The highest BCUT2D eigenvalue weighted by atomic mass is 16.6. The normalized spacial score (nSPS) is 12.2. The van der Waals surface area contributed by atoms with E-state index in [4.69, 9.17) is 14.2 Å². The van der Waals surface area contributed by atoms with Crippen LogP contribution in [0.3, 0.4) is 0 Å². The van der Waals surface area contributed by atoms with Crippen molar-refractivity contribution in [3.8, 4) is 0 Å². The Morgan fingerprint density at radius 1 is 0.278 bits per heavy atom. The highest BCUT2D eigenvalue weighted by Crippen LogP contribution is 2.17. The van der Waals surface area contributed by atoms with E-state index < -0.39 is 6.10 Å². The molecule has 6 heteroatoms. The molecule has 422 valence electrons. The second kappa shape index (κ2) is 61.2. The Balaban J connectivity index is 4.24. The van der Waals surface area contributed by atoms with Crippen LogP contribution >= 0.6 is 0 Å². The second-order valence-electron chi connectivity index (χ2n) is 21.7. The molecular formula is C66H122O6. The predicted octanol–water partition coefficient (Wildman–Crippen LogP) is 21.6. The summed E-state index contributed by atoms with van der Waals surface area (Å²) in [5.41, 5.74) is 0. The minimum atomic E-state index is -0.772. The smallest absolute Gasteiger partial charge is 0.306 e. The minimum Gasteiger partial charge on any atom is -0.462 e. The van der Waals surface area contributed by atoms with Gasteiger partial charge in [0.05, 0.1) is 0 Å². The predicted molar refractivity (Wildman–Crippen MR) is 312 cm³/mol. The number of carbonyl (C=O) groups excluding carboxylic acids is 3. The standard InChI is InChI=1S/C66H122O6/c1-4-7-10-13-16-19-22-25-27-29-30-31-32-33-34-35-36-38-39-41-44-47-50-53-56-59-65(68)71-62-63(61-70-64(67)58-55-52-49-46-43-24-21-18-15-12-9-6-3)72-66(69)60-57-54-51-48-45-42-40-37-28-26-23-20-17-14-11-8-5-2/h22,25-26,28-30,63H,4-21,23-24,27,31-62H2,1-3H3/b25-22-,28-26-,30-29-. The lowest BCUT2D eigenvalue weighted by Gasteiger charge is -2.18. The summed E-state index contributed by atoms with van der Waals surface area (Å²) in [4.78, 5) is 38.2. The maximum absolute atomic E-state index is 12.9. The maximum Gasteiger partial charge on any atom is 0.306 e. The molecule has 0 aromatic heterocycles. The van der Waals surface area contributed by atoms with Crippen molar-refractivity contribution in [1.82, 2.24) is 0 Å². The number of unbranched alkanes of at least 4 members (excludes halogenated alkanes) is 42. The van der Waals surface area contributed by atoms with E-state index >= 15 is 0 Å². The summed E-state index contributed by atoms with van der Waals surface area (Å²) in [6.45, 7) is 6.67. The Labute approximate surface area is 448 Å². The van der Waals surface area contributed by atoms with Gasteiger partial charge < -0.3 is 14.2 Å². The van der Waals surface area contributed by atoms with Crippen molar-refractivity contribution in [3.63, 3.8) is 0 Å². The van der Waals surface area contributed by atoms with Crippen molar-refractivity contribution in [3.05, 3.63) is 36.5 Å². The number of allylic oxidation sites excluding steroid dienone is 6.